The van der Waals surface area contributed by atoms with E-state index in [0.29, 0.717) is 11.1 Å². The van der Waals surface area contributed by atoms with Crippen molar-refractivity contribution in [3.63, 3.8) is 0 Å². The second-order valence-electron chi connectivity index (χ2n) is 9.34. The van der Waals surface area contributed by atoms with E-state index in [1.54, 1.807) is 6.20 Å². The van der Waals surface area contributed by atoms with Crippen LogP contribution in [0.5, 0.6) is 0 Å². The summed E-state index contributed by atoms with van der Waals surface area (Å²) < 4.78 is 0. The molecule has 0 radical (unpaired) electrons. The fraction of sp³-hybridized carbons (Fsp3) is 0.762. The second-order valence-corrected chi connectivity index (χ2v) is 9.34. The van der Waals surface area contributed by atoms with Crippen molar-refractivity contribution in [1.29, 1.82) is 0 Å². The third-order valence-electron chi connectivity index (χ3n) is 7.57. The van der Waals surface area contributed by atoms with Gasteiger partial charge in [-0.1, -0.05) is 0 Å². The molecule has 140 valence electrons. The van der Waals surface area contributed by atoms with Crippen molar-refractivity contribution < 1.29 is 4.79 Å². The van der Waals surface area contributed by atoms with Crippen LogP contribution in [0, 0.1) is 31.6 Å². The lowest BCUT2D eigenvalue weighted by atomic mass is 9.52. The first-order valence-corrected chi connectivity index (χ1v) is 10.4. The molecule has 4 aliphatic carbocycles. The standard InChI is InChI=1S/C21H30N4O/c1-14-19(13-22-15(2)23-14)20(26)24-3-5-25(6-4-24)21-10-16-7-17(11-21)9-18(8-16)12-21/h13,16-18H,3-12H2,1-2H3. The Labute approximate surface area is 156 Å². The summed E-state index contributed by atoms with van der Waals surface area (Å²) in [6.45, 7) is 7.52. The molecule has 5 heteroatoms. The average Bonchev–Trinajstić information content (AvgIpc) is 2.60. The van der Waals surface area contributed by atoms with E-state index in [1.807, 2.05) is 18.7 Å². The van der Waals surface area contributed by atoms with Crippen LogP contribution < -0.4 is 0 Å². The number of aromatic nitrogens is 2. The van der Waals surface area contributed by atoms with Gasteiger partial charge in [-0.25, -0.2) is 9.97 Å². The highest BCUT2D eigenvalue weighted by Gasteiger charge is 2.53. The highest BCUT2D eigenvalue weighted by molar-refractivity contribution is 5.95. The molecule has 5 fully saturated rings. The molecule has 6 rings (SSSR count). The van der Waals surface area contributed by atoms with Crippen LogP contribution in [0.2, 0.25) is 0 Å². The molecule has 0 unspecified atom stereocenters. The SMILES string of the molecule is Cc1ncc(C(=O)N2CCN(C34CC5CC(CC(C5)C3)C4)CC2)c(C)n1. The third-order valence-corrected chi connectivity index (χ3v) is 7.57. The van der Waals surface area contributed by atoms with Gasteiger partial charge in [-0.2, -0.15) is 0 Å². The molecule has 5 nitrogen and oxygen atoms in total. The maximum absolute atomic E-state index is 12.9. The highest BCUT2D eigenvalue weighted by atomic mass is 16.2. The predicted molar refractivity (Wildman–Crippen MR) is 99.9 cm³/mol. The van der Waals surface area contributed by atoms with Crippen molar-refractivity contribution in [1.82, 2.24) is 19.8 Å². The van der Waals surface area contributed by atoms with Crippen LogP contribution >= 0.6 is 0 Å². The maximum Gasteiger partial charge on any atom is 0.257 e. The number of rotatable bonds is 2. The lowest BCUT2D eigenvalue weighted by Gasteiger charge is -2.61. The van der Waals surface area contributed by atoms with Crippen molar-refractivity contribution in [2.75, 3.05) is 26.2 Å². The van der Waals surface area contributed by atoms with Gasteiger partial charge in [0.25, 0.3) is 5.91 Å². The van der Waals surface area contributed by atoms with Gasteiger partial charge in [0.15, 0.2) is 0 Å². The first-order valence-electron chi connectivity index (χ1n) is 10.4. The Balaban J connectivity index is 1.27. The zero-order valence-corrected chi connectivity index (χ0v) is 16.1. The van der Waals surface area contributed by atoms with Gasteiger partial charge < -0.3 is 4.90 Å². The van der Waals surface area contributed by atoms with E-state index in [1.165, 1.54) is 38.5 Å². The summed E-state index contributed by atoms with van der Waals surface area (Å²) in [5, 5.41) is 0. The summed E-state index contributed by atoms with van der Waals surface area (Å²) in [7, 11) is 0. The molecular formula is C21H30N4O. The lowest BCUT2D eigenvalue weighted by Crippen LogP contribution is -2.64. The van der Waals surface area contributed by atoms with Crippen LogP contribution in [0.25, 0.3) is 0 Å². The monoisotopic (exact) mass is 354 g/mol. The smallest absolute Gasteiger partial charge is 0.257 e. The van der Waals surface area contributed by atoms with Crippen molar-refractivity contribution in [3.8, 4) is 0 Å². The van der Waals surface area contributed by atoms with Crippen LogP contribution in [-0.2, 0) is 0 Å². The second kappa shape index (κ2) is 6.01. The van der Waals surface area contributed by atoms with Crippen LogP contribution in [0.1, 0.15) is 60.4 Å². The maximum atomic E-state index is 12.9. The summed E-state index contributed by atoms with van der Waals surface area (Å²) in [5.74, 6) is 3.77. The minimum absolute atomic E-state index is 0.104. The number of piperazine rings is 1. The largest absolute Gasteiger partial charge is 0.336 e. The van der Waals surface area contributed by atoms with Crippen LogP contribution in [-0.4, -0.2) is 57.4 Å². The van der Waals surface area contributed by atoms with E-state index in [2.05, 4.69) is 14.9 Å². The van der Waals surface area contributed by atoms with Gasteiger partial charge in [0, 0.05) is 37.9 Å². The quantitative estimate of drug-likeness (QED) is 0.819. The Morgan fingerprint density at radius 1 is 1.00 bits per heavy atom. The van der Waals surface area contributed by atoms with E-state index < -0.39 is 0 Å². The molecule has 1 aliphatic heterocycles. The summed E-state index contributed by atoms with van der Waals surface area (Å²) in [4.78, 5) is 26.3. The van der Waals surface area contributed by atoms with E-state index >= 15 is 0 Å². The number of carbonyl (C=O) groups excluding carboxylic acids is 1. The molecule has 5 aliphatic rings. The first kappa shape index (κ1) is 16.7. The van der Waals surface area contributed by atoms with Gasteiger partial charge in [0.2, 0.25) is 0 Å². The topological polar surface area (TPSA) is 49.3 Å². The molecule has 26 heavy (non-hydrogen) atoms. The Morgan fingerprint density at radius 2 is 1.58 bits per heavy atom. The van der Waals surface area contributed by atoms with Gasteiger partial charge in [0.1, 0.15) is 5.82 Å². The molecular weight excluding hydrogens is 324 g/mol. The molecule has 1 saturated heterocycles. The van der Waals surface area contributed by atoms with Gasteiger partial charge >= 0.3 is 0 Å². The Bertz CT molecular complexity index is 687. The van der Waals surface area contributed by atoms with Gasteiger partial charge in [0.05, 0.1) is 11.3 Å². The summed E-state index contributed by atoms with van der Waals surface area (Å²) in [6.07, 6.45) is 10.4. The molecule has 0 N–H and O–H groups in total. The Hall–Kier alpha value is -1.49. The normalized spacial score (nSPS) is 36.5. The average molecular weight is 354 g/mol. The van der Waals surface area contributed by atoms with Crippen molar-refractivity contribution in [2.45, 2.75) is 57.9 Å². The summed E-state index contributed by atoms with van der Waals surface area (Å²) in [5.41, 5.74) is 1.93. The zero-order valence-electron chi connectivity index (χ0n) is 16.1. The van der Waals surface area contributed by atoms with Crippen molar-refractivity contribution in [2.24, 2.45) is 17.8 Å². The van der Waals surface area contributed by atoms with E-state index in [4.69, 9.17) is 0 Å². The number of hydrogen-bond acceptors (Lipinski definition) is 4. The van der Waals surface area contributed by atoms with Gasteiger partial charge in [-0.3, -0.25) is 9.69 Å². The first-order chi connectivity index (χ1) is 12.5. The van der Waals surface area contributed by atoms with Gasteiger partial charge in [-0.15, -0.1) is 0 Å². The molecule has 4 saturated carbocycles. The van der Waals surface area contributed by atoms with Crippen molar-refractivity contribution in [3.05, 3.63) is 23.3 Å². The minimum atomic E-state index is 0.104. The predicted octanol–water partition coefficient (Wildman–Crippen LogP) is 2.82. The molecule has 1 amide bonds. The molecule has 4 bridgehead atoms. The highest BCUT2D eigenvalue weighted by Crippen LogP contribution is 2.57. The van der Waals surface area contributed by atoms with E-state index in [-0.39, 0.29) is 5.91 Å². The fourth-order valence-electron chi connectivity index (χ4n) is 6.80. The summed E-state index contributed by atoms with van der Waals surface area (Å²) in [6, 6.07) is 0. The Morgan fingerprint density at radius 3 is 2.12 bits per heavy atom. The molecule has 0 spiro atoms. The minimum Gasteiger partial charge on any atom is -0.336 e. The van der Waals surface area contributed by atoms with E-state index in [9.17, 15) is 4.79 Å². The molecule has 0 atom stereocenters. The fourth-order valence-corrected chi connectivity index (χ4v) is 6.80. The molecule has 1 aromatic rings. The molecule has 1 aromatic heterocycles. The number of amides is 1. The Kier molecular flexibility index (Phi) is 3.85. The number of nitrogens with zero attached hydrogens (tertiary/aromatic N) is 4. The van der Waals surface area contributed by atoms with Crippen LogP contribution in [0.3, 0.4) is 0 Å². The molecule has 0 aromatic carbocycles. The lowest BCUT2D eigenvalue weighted by molar-refractivity contribution is -0.0987. The van der Waals surface area contributed by atoms with Gasteiger partial charge in [-0.05, 0) is 70.1 Å². The summed E-state index contributed by atoms with van der Waals surface area (Å²) >= 11 is 0. The van der Waals surface area contributed by atoms with Crippen LogP contribution in [0.4, 0.5) is 0 Å². The van der Waals surface area contributed by atoms with E-state index in [0.717, 1.165) is 55.5 Å². The van der Waals surface area contributed by atoms with Crippen molar-refractivity contribution >= 4 is 5.91 Å². The number of aryl methyl sites for hydroxylation is 2. The molecule has 2 heterocycles. The zero-order chi connectivity index (χ0) is 17.9. The third kappa shape index (κ3) is 2.67. The number of hydrogen-bond donors (Lipinski definition) is 0. The van der Waals surface area contributed by atoms with Crippen LogP contribution in [0.15, 0.2) is 6.20 Å². The number of carbonyl (C=O) groups is 1.